The van der Waals surface area contributed by atoms with Crippen LogP contribution in [0.1, 0.15) is 56.7 Å². The van der Waals surface area contributed by atoms with Crippen molar-refractivity contribution in [2.75, 3.05) is 13.1 Å². The number of halogens is 3. The first-order valence-corrected chi connectivity index (χ1v) is 11.0. The number of rotatable bonds is 9. The van der Waals surface area contributed by atoms with E-state index in [0.717, 1.165) is 37.9 Å². The number of hydrogen-bond donors (Lipinski definition) is 0. The Morgan fingerprint density at radius 1 is 1.00 bits per heavy atom. The normalized spacial score (nSPS) is 15.5. The van der Waals surface area contributed by atoms with Gasteiger partial charge in [0.2, 0.25) is 0 Å². The Morgan fingerprint density at radius 2 is 1.55 bits per heavy atom. The van der Waals surface area contributed by atoms with Crippen LogP contribution in [0.5, 0.6) is 0 Å². The monoisotopic (exact) mass is 430 g/mol. The lowest BCUT2D eigenvalue weighted by atomic mass is 9.93. The minimum Gasteiger partial charge on any atom is -0.301 e. The number of nitrogens with zero attached hydrogens (tertiary/aromatic N) is 2. The highest BCUT2D eigenvalue weighted by molar-refractivity contribution is 5.35. The van der Waals surface area contributed by atoms with Crippen molar-refractivity contribution >= 4 is 0 Å². The molecule has 2 aromatic rings. The van der Waals surface area contributed by atoms with E-state index in [-0.39, 0.29) is 12.8 Å². The van der Waals surface area contributed by atoms with Gasteiger partial charge in [0.25, 0.3) is 0 Å². The molecule has 2 aromatic carbocycles. The highest BCUT2D eigenvalue weighted by Gasteiger charge is 2.64. The lowest BCUT2D eigenvalue weighted by Crippen LogP contribution is -2.35. The summed E-state index contributed by atoms with van der Waals surface area (Å²) in [6, 6.07) is 19.8. The van der Waals surface area contributed by atoms with Crippen LogP contribution in [0.25, 0.3) is 0 Å². The van der Waals surface area contributed by atoms with Gasteiger partial charge in [-0.05, 0) is 62.3 Å². The minimum atomic E-state index is -4.14. The summed E-state index contributed by atoms with van der Waals surface area (Å²) in [7, 11) is 0. The van der Waals surface area contributed by atoms with Crippen LogP contribution in [0.15, 0.2) is 54.6 Å². The number of nitriles is 1. The van der Waals surface area contributed by atoms with E-state index in [1.54, 1.807) is 18.2 Å². The SMILES string of the molecule is CC#N.CCN(CCc1ccccc1)C(C)CCc1ccc(C2(C(F)(F)F)CC2)cc1. The van der Waals surface area contributed by atoms with Gasteiger partial charge in [-0.1, -0.05) is 61.5 Å². The van der Waals surface area contributed by atoms with Gasteiger partial charge in [0.15, 0.2) is 0 Å². The van der Waals surface area contributed by atoms with Crippen molar-refractivity contribution in [3.8, 4) is 6.07 Å². The fourth-order valence-corrected chi connectivity index (χ4v) is 4.02. The van der Waals surface area contributed by atoms with Crippen LogP contribution in [0.3, 0.4) is 0 Å². The summed E-state index contributed by atoms with van der Waals surface area (Å²) in [6.07, 6.45) is -0.759. The van der Waals surface area contributed by atoms with Gasteiger partial charge in [-0.15, -0.1) is 0 Å². The molecule has 1 aliphatic carbocycles. The highest BCUT2D eigenvalue weighted by Crippen LogP contribution is 2.58. The first-order valence-electron chi connectivity index (χ1n) is 11.0. The molecule has 1 atom stereocenters. The van der Waals surface area contributed by atoms with E-state index in [0.29, 0.717) is 11.6 Å². The summed E-state index contributed by atoms with van der Waals surface area (Å²) in [5, 5.41) is 7.32. The Kier molecular flexibility index (Phi) is 9.13. The van der Waals surface area contributed by atoms with Crippen molar-refractivity contribution in [2.24, 2.45) is 0 Å². The Labute approximate surface area is 184 Å². The van der Waals surface area contributed by atoms with Crippen LogP contribution in [0, 0.1) is 11.3 Å². The lowest BCUT2D eigenvalue weighted by Gasteiger charge is -2.28. The Balaban J connectivity index is 0.00000107. The maximum Gasteiger partial charge on any atom is 0.398 e. The second-order valence-corrected chi connectivity index (χ2v) is 8.25. The second kappa shape index (κ2) is 11.3. The smallest absolute Gasteiger partial charge is 0.301 e. The van der Waals surface area contributed by atoms with Gasteiger partial charge >= 0.3 is 6.18 Å². The number of hydrogen-bond acceptors (Lipinski definition) is 2. The molecular weight excluding hydrogens is 397 g/mol. The van der Waals surface area contributed by atoms with Crippen molar-refractivity contribution in [3.05, 3.63) is 71.3 Å². The third-order valence-electron chi connectivity index (χ3n) is 6.21. The zero-order valence-electron chi connectivity index (χ0n) is 18.8. The molecule has 31 heavy (non-hydrogen) atoms. The van der Waals surface area contributed by atoms with E-state index in [1.807, 2.05) is 18.2 Å². The zero-order valence-corrected chi connectivity index (χ0v) is 18.8. The Bertz CT molecular complexity index is 818. The largest absolute Gasteiger partial charge is 0.398 e. The summed E-state index contributed by atoms with van der Waals surface area (Å²) in [4.78, 5) is 2.48. The molecule has 0 radical (unpaired) electrons. The molecule has 0 aliphatic heterocycles. The van der Waals surface area contributed by atoms with Crippen molar-refractivity contribution < 1.29 is 13.2 Å². The van der Waals surface area contributed by atoms with Crippen molar-refractivity contribution in [1.82, 2.24) is 4.90 Å². The van der Waals surface area contributed by atoms with Crippen LogP contribution in [0.4, 0.5) is 13.2 Å². The summed E-state index contributed by atoms with van der Waals surface area (Å²) >= 11 is 0. The molecule has 0 bridgehead atoms. The third kappa shape index (κ3) is 6.83. The van der Waals surface area contributed by atoms with Crippen molar-refractivity contribution in [2.45, 2.75) is 70.5 Å². The average molecular weight is 431 g/mol. The van der Waals surface area contributed by atoms with Gasteiger partial charge < -0.3 is 4.90 Å². The first kappa shape index (κ1) is 24.9. The maximum absolute atomic E-state index is 13.3. The molecule has 168 valence electrons. The molecule has 0 heterocycles. The first-order chi connectivity index (χ1) is 14.8. The summed E-state index contributed by atoms with van der Waals surface area (Å²) < 4.78 is 39.8. The molecular formula is C26H33F3N2. The van der Waals surface area contributed by atoms with Gasteiger partial charge in [0, 0.05) is 19.5 Å². The molecule has 1 fully saturated rings. The molecule has 0 N–H and O–H groups in total. The summed E-state index contributed by atoms with van der Waals surface area (Å²) in [5.41, 5.74) is 1.32. The molecule has 2 nitrogen and oxygen atoms in total. The van der Waals surface area contributed by atoms with Gasteiger partial charge in [-0.25, -0.2) is 0 Å². The molecule has 1 saturated carbocycles. The molecule has 5 heteroatoms. The molecule has 3 rings (SSSR count). The van der Waals surface area contributed by atoms with Crippen LogP contribution in [0.2, 0.25) is 0 Å². The van der Waals surface area contributed by atoms with E-state index in [4.69, 9.17) is 5.26 Å². The molecule has 0 saturated heterocycles. The van der Waals surface area contributed by atoms with E-state index in [9.17, 15) is 13.2 Å². The molecule has 1 aliphatic rings. The number of alkyl halides is 3. The fraction of sp³-hybridized carbons (Fsp3) is 0.500. The Morgan fingerprint density at radius 3 is 2.03 bits per heavy atom. The van der Waals surface area contributed by atoms with Crippen molar-refractivity contribution in [3.63, 3.8) is 0 Å². The Hall–Kier alpha value is -2.32. The van der Waals surface area contributed by atoms with Gasteiger partial charge in [-0.2, -0.15) is 18.4 Å². The van der Waals surface area contributed by atoms with Crippen LogP contribution < -0.4 is 0 Å². The van der Waals surface area contributed by atoms with E-state index < -0.39 is 11.6 Å². The lowest BCUT2D eigenvalue weighted by molar-refractivity contribution is -0.160. The predicted octanol–water partition coefficient (Wildman–Crippen LogP) is 6.70. The number of aryl methyl sites for hydroxylation is 1. The summed E-state index contributed by atoms with van der Waals surface area (Å²) in [5.74, 6) is 0. The topological polar surface area (TPSA) is 27.0 Å². The maximum atomic E-state index is 13.3. The molecule has 1 unspecified atom stereocenters. The molecule has 0 spiro atoms. The minimum absolute atomic E-state index is 0.222. The van der Waals surface area contributed by atoms with Crippen LogP contribution in [-0.4, -0.2) is 30.2 Å². The number of benzene rings is 2. The second-order valence-electron chi connectivity index (χ2n) is 8.25. The predicted molar refractivity (Wildman–Crippen MR) is 120 cm³/mol. The third-order valence-corrected chi connectivity index (χ3v) is 6.21. The average Bonchev–Trinajstić information content (AvgIpc) is 3.57. The van der Waals surface area contributed by atoms with Gasteiger partial charge in [0.05, 0.1) is 11.5 Å². The number of likely N-dealkylation sites (N-methyl/N-ethyl adjacent to an activating group) is 1. The fourth-order valence-electron chi connectivity index (χ4n) is 4.02. The highest BCUT2D eigenvalue weighted by atomic mass is 19.4. The molecule has 0 aromatic heterocycles. The standard InChI is InChI=1S/C24H30F3N.C2H3N/c1-3-28(18-15-20-7-5-4-6-8-20)19(2)9-10-21-11-13-22(14-12-21)23(16-17-23)24(25,26)27;1-2-3/h4-8,11-14,19H,3,9-10,15-18H2,1-2H3;1H3. The van der Waals surface area contributed by atoms with E-state index >= 15 is 0 Å². The van der Waals surface area contributed by atoms with Gasteiger partial charge in [-0.3, -0.25) is 0 Å². The quantitative estimate of drug-likeness (QED) is 0.443. The van der Waals surface area contributed by atoms with E-state index in [2.05, 4.69) is 43.0 Å². The van der Waals surface area contributed by atoms with Gasteiger partial charge in [0.1, 0.15) is 0 Å². The summed E-state index contributed by atoms with van der Waals surface area (Å²) in [6.45, 7) is 7.88. The van der Waals surface area contributed by atoms with Crippen molar-refractivity contribution in [1.29, 1.82) is 5.26 Å². The van der Waals surface area contributed by atoms with E-state index in [1.165, 1.54) is 12.5 Å². The van der Waals surface area contributed by atoms with Crippen LogP contribution in [-0.2, 0) is 18.3 Å². The molecule has 0 amide bonds. The zero-order chi connectivity index (χ0) is 22.9. The van der Waals surface area contributed by atoms with Crippen LogP contribution >= 0.6 is 0 Å².